The molecule has 0 bridgehead atoms. The molecule has 0 aliphatic rings. The number of nitrogens with two attached hydrogens (primary N) is 1. The van der Waals surface area contributed by atoms with Gasteiger partial charge in [0.15, 0.2) is 0 Å². The summed E-state index contributed by atoms with van der Waals surface area (Å²) in [5.74, 6) is 0.153. The molecule has 0 aliphatic heterocycles. The SMILES string of the molecule is COC(=O)c1cccc(C)c1OCCN.Cl. The summed E-state index contributed by atoms with van der Waals surface area (Å²) >= 11 is 0. The molecule has 1 aromatic rings. The van der Waals surface area contributed by atoms with Gasteiger partial charge < -0.3 is 15.2 Å². The molecule has 1 aromatic carbocycles. The molecule has 16 heavy (non-hydrogen) atoms. The molecule has 0 aliphatic carbocycles. The van der Waals surface area contributed by atoms with Crippen LogP contribution in [-0.2, 0) is 4.74 Å². The van der Waals surface area contributed by atoms with E-state index in [2.05, 4.69) is 4.74 Å². The van der Waals surface area contributed by atoms with E-state index in [-0.39, 0.29) is 12.4 Å². The van der Waals surface area contributed by atoms with Crippen LogP contribution in [0.25, 0.3) is 0 Å². The fourth-order valence-corrected chi connectivity index (χ4v) is 1.28. The maximum Gasteiger partial charge on any atom is 0.341 e. The second-order valence-electron chi connectivity index (χ2n) is 3.08. The van der Waals surface area contributed by atoms with Crippen molar-refractivity contribution in [3.05, 3.63) is 29.3 Å². The highest BCUT2D eigenvalue weighted by Gasteiger charge is 2.14. The number of ether oxygens (including phenoxy) is 2. The van der Waals surface area contributed by atoms with Gasteiger partial charge in [0.2, 0.25) is 0 Å². The van der Waals surface area contributed by atoms with Crippen LogP contribution in [0.1, 0.15) is 15.9 Å². The number of carbonyl (C=O) groups excluding carboxylic acids is 1. The summed E-state index contributed by atoms with van der Waals surface area (Å²) in [5.41, 5.74) is 6.67. The molecule has 0 radical (unpaired) electrons. The van der Waals surface area contributed by atoms with Crippen LogP contribution in [-0.4, -0.2) is 26.2 Å². The number of halogens is 1. The van der Waals surface area contributed by atoms with Gasteiger partial charge in [0.05, 0.1) is 7.11 Å². The first-order chi connectivity index (χ1) is 7.20. The topological polar surface area (TPSA) is 61.5 Å². The largest absolute Gasteiger partial charge is 0.491 e. The lowest BCUT2D eigenvalue weighted by Gasteiger charge is -2.11. The Morgan fingerprint density at radius 1 is 1.44 bits per heavy atom. The molecular weight excluding hydrogens is 230 g/mol. The number of rotatable bonds is 4. The second-order valence-corrected chi connectivity index (χ2v) is 3.08. The summed E-state index contributed by atoms with van der Waals surface area (Å²) in [4.78, 5) is 11.4. The van der Waals surface area contributed by atoms with Gasteiger partial charge in [-0.25, -0.2) is 4.79 Å². The fourth-order valence-electron chi connectivity index (χ4n) is 1.28. The van der Waals surface area contributed by atoms with Gasteiger partial charge in [0.25, 0.3) is 0 Å². The van der Waals surface area contributed by atoms with Crippen LogP contribution >= 0.6 is 12.4 Å². The molecule has 0 saturated heterocycles. The molecule has 0 saturated carbocycles. The zero-order chi connectivity index (χ0) is 11.3. The number of hydrogen-bond donors (Lipinski definition) is 1. The zero-order valence-electron chi connectivity index (χ0n) is 9.36. The quantitative estimate of drug-likeness (QED) is 0.818. The third kappa shape index (κ3) is 3.40. The zero-order valence-corrected chi connectivity index (χ0v) is 10.2. The first-order valence-corrected chi connectivity index (χ1v) is 4.71. The van der Waals surface area contributed by atoms with Crippen molar-refractivity contribution in [1.82, 2.24) is 0 Å². The average Bonchev–Trinajstić information content (AvgIpc) is 2.26. The lowest BCUT2D eigenvalue weighted by molar-refractivity contribution is 0.0596. The molecule has 0 heterocycles. The molecule has 1 rings (SSSR count). The van der Waals surface area contributed by atoms with E-state index in [9.17, 15) is 4.79 Å². The van der Waals surface area contributed by atoms with Crippen LogP contribution in [0.3, 0.4) is 0 Å². The Balaban J connectivity index is 0.00000225. The summed E-state index contributed by atoms with van der Waals surface area (Å²) in [7, 11) is 1.34. The van der Waals surface area contributed by atoms with Crippen LogP contribution in [0.5, 0.6) is 5.75 Å². The smallest absolute Gasteiger partial charge is 0.341 e. The number of methoxy groups -OCH3 is 1. The van der Waals surface area contributed by atoms with Crippen LogP contribution < -0.4 is 10.5 Å². The molecular formula is C11H16ClNO3. The van der Waals surface area contributed by atoms with E-state index in [0.717, 1.165) is 5.56 Å². The number of hydrogen-bond acceptors (Lipinski definition) is 4. The molecule has 0 unspecified atom stereocenters. The molecule has 0 amide bonds. The highest BCUT2D eigenvalue weighted by Crippen LogP contribution is 2.23. The van der Waals surface area contributed by atoms with E-state index in [1.54, 1.807) is 12.1 Å². The second kappa shape index (κ2) is 7.09. The Kier molecular flexibility index (Phi) is 6.53. The van der Waals surface area contributed by atoms with E-state index in [4.69, 9.17) is 10.5 Å². The number of esters is 1. The van der Waals surface area contributed by atoms with E-state index < -0.39 is 5.97 Å². The van der Waals surface area contributed by atoms with Gasteiger partial charge in [0.1, 0.15) is 17.9 Å². The number of carbonyl (C=O) groups is 1. The van der Waals surface area contributed by atoms with Crippen LogP contribution in [0.15, 0.2) is 18.2 Å². The Bertz CT molecular complexity index is 355. The molecule has 2 N–H and O–H groups in total. The van der Waals surface area contributed by atoms with E-state index in [1.165, 1.54) is 7.11 Å². The van der Waals surface area contributed by atoms with Crippen molar-refractivity contribution in [3.8, 4) is 5.75 Å². The third-order valence-electron chi connectivity index (χ3n) is 1.98. The average molecular weight is 246 g/mol. The van der Waals surface area contributed by atoms with E-state index in [1.807, 2.05) is 13.0 Å². The first kappa shape index (κ1) is 14.7. The standard InChI is InChI=1S/C11H15NO3.ClH/c1-8-4-3-5-9(11(13)14-2)10(8)15-7-6-12;/h3-5H,6-7,12H2,1-2H3;1H. The van der Waals surface area contributed by atoms with Crippen molar-refractivity contribution >= 4 is 18.4 Å². The van der Waals surface area contributed by atoms with Gasteiger partial charge in [0, 0.05) is 6.54 Å². The van der Waals surface area contributed by atoms with Crippen LogP contribution in [0, 0.1) is 6.92 Å². The summed E-state index contributed by atoms with van der Waals surface area (Å²) in [5, 5.41) is 0. The molecule has 0 aromatic heterocycles. The lowest BCUT2D eigenvalue weighted by Crippen LogP contribution is -2.14. The number of benzene rings is 1. The van der Waals surface area contributed by atoms with E-state index >= 15 is 0 Å². The van der Waals surface area contributed by atoms with Crippen molar-refractivity contribution in [1.29, 1.82) is 0 Å². The van der Waals surface area contributed by atoms with Gasteiger partial charge in [-0.15, -0.1) is 12.4 Å². The molecule has 90 valence electrons. The van der Waals surface area contributed by atoms with Gasteiger partial charge >= 0.3 is 5.97 Å². The summed E-state index contributed by atoms with van der Waals surface area (Å²) in [6.07, 6.45) is 0. The maximum atomic E-state index is 11.4. The van der Waals surface area contributed by atoms with Gasteiger partial charge in [-0.1, -0.05) is 12.1 Å². The highest BCUT2D eigenvalue weighted by molar-refractivity contribution is 5.92. The lowest BCUT2D eigenvalue weighted by atomic mass is 10.1. The fraction of sp³-hybridized carbons (Fsp3) is 0.364. The highest BCUT2D eigenvalue weighted by atomic mass is 35.5. The number of para-hydroxylation sites is 1. The minimum absolute atomic E-state index is 0. The van der Waals surface area contributed by atoms with Crippen molar-refractivity contribution in [3.63, 3.8) is 0 Å². The Labute approximate surface area is 101 Å². The van der Waals surface area contributed by atoms with Gasteiger partial charge in [-0.3, -0.25) is 0 Å². The summed E-state index contributed by atoms with van der Waals surface area (Å²) in [6, 6.07) is 5.33. The molecule has 0 atom stereocenters. The van der Waals surface area contributed by atoms with Crippen LogP contribution in [0.2, 0.25) is 0 Å². The summed E-state index contributed by atoms with van der Waals surface area (Å²) < 4.78 is 10.1. The summed E-state index contributed by atoms with van der Waals surface area (Å²) in [6.45, 7) is 2.67. The van der Waals surface area contributed by atoms with Crippen LogP contribution in [0.4, 0.5) is 0 Å². The monoisotopic (exact) mass is 245 g/mol. The minimum Gasteiger partial charge on any atom is -0.491 e. The predicted octanol–water partition coefficient (Wildman–Crippen LogP) is 1.54. The van der Waals surface area contributed by atoms with E-state index in [0.29, 0.717) is 24.5 Å². The Morgan fingerprint density at radius 2 is 2.12 bits per heavy atom. The molecule has 0 spiro atoms. The maximum absolute atomic E-state index is 11.4. The third-order valence-corrected chi connectivity index (χ3v) is 1.98. The normalized spacial score (nSPS) is 9.19. The Hall–Kier alpha value is -1.26. The predicted molar refractivity (Wildman–Crippen MR) is 64.3 cm³/mol. The van der Waals surface area contributed by atoms with Gasteiger partial charge in [-0.2, -0.15) is 0 Å². The Morgan fingerprint density at radius 3 is 2.69 bits per heavy atom. The molecule has 4 nitrogen and oxygen atoms in total. The number of aryl methyl sites for hydroxylation is 1. The minimum atomic E-state index is -0.397. The molecule has 0 fully saturated rings. The van der Waals surface area contributed by atoms with Crippen molar-refractivity contribution in [2.24, 2.45) is 5.73 Å². The van der Waals surface area contributed by atoms with Gasteiger partial charge in [-0.05, 0) is 18.6 Å². The molecule has 5 heteroatoms. The van der Waals surface area contributed by atoms with Crippen molar-refractivity contribution in [2.75, 3.05) is 20.3 Å². The first-order valence-electron chi connectivity index (χ1n) is 4.71. The van der Waals surface area contributed by atoms with Crippen molar-refractivity contribution in [2.45, 2.75) is 6.92 Å². The van der Waals surface area contributed by atoms with Crippen molar-refractivity contribution < 1.29 is 14.3 Å².